The summed E-state index contributed by atoms with van der Waals surface area (Å²) in [4.78, 5) is 11.6. The molecule has 1 rings (SSSR count). The fourth-order valence-corrected chi connectivity index (χ4v) is 2.17. The highest BCUT2D eigenvalue weighted by Crippen LogP contribution is 2.11. The number of carbonyl (C=O) groups excluding carboxylic acids is 1. The van der Waals surface area contributed by atoms with Crippen LogP contribution in [0.25, 0.3) is 0 Å². The number of thioether (sulfide) groups is 1. The van der Waals surface area contributed by atoms with Gasteiger partial charge in [-0.1, -0.05) is 24.6 Å². The molecular weight excluding hydrogens is 232 g/mol. The molecule has 1 aromatic carbocycles. The molecule has 0 radical (unpaired) electrons. The number of amides is 1. The van der Waals surface area contributed by atoms with Gasteiger partial charge in [0.15, 0.2) is 0 Å². The average Bonchev–Trinajstić information content (AvgIpc) is 2.32. The standard InChI is InChI=1S/C13H20N2OS/c1-10-3-5-12(6-4-10)15-13(16)9-17-8-11(2)7-14/h3-6,11H,7-9,14H2,1-2H3,(H,15,16). The molecule has 17 heavy (non-hydrogen) atoms. The fourth-order valence-electron chi connectivity index (χ4n) is 1.25. The first kappa shape index (κ1) is 14.1. The van der Waals surface area contributed by atoms with Crippen LogP contribution in [-0.2, 0) is 4.79 Å². The zero-order valence-electron chi connectivity index (χ0n) is 10.4. The van der Waals surface area contributed by atoms with E-state index in [4.69, 9.17) is 5.73 Å². The van der Waals surface area contributed by atoms with Crippen molar-refractivity contribution >= 4 is 23.4 Å². The maximum absolute atomic E-state index is 11.6. The van der Waals surface area contributed by atoms with Gasteiger partial charge in [0.2, 0.25) is 5.91 Å². The second-order valence-electron chi connectivity index (χ2n) is 4.27. The third-order valence-corrected chi connectivity index (χ3v) is 3.64. The first-order valence-electron chi connectivity index (χ1n) is 5.76. The summed E-state index contributed by atoms with van der Waals surface area (Å²) in [6.45, 7) is 4.78. The predicted octanol–water partition coefficient (Wildman–Crippen LogP) is 2.26. The summed E-state index contributed by atoms with van der Waals surface area (Å²) in [5.74, 6) is 1.92. The molecule has 0 aliphatic carbocycles. The number of benzene rings is 1. The number of hydrogen-bond acceptors (Lipinski definition) is 3. The van der Waals surface area contributed by atoms with E-state index in [1.807, 2.05) is 31.2 Å². The van der Waals surface area contributed by atoms with E-state index in [9.17, 15) is 4.79 Å². The molecule has 4 heteroatoms. The number of rotatable bonds is 6. The molecular formula is C13H20N2OS. The van der Waals surface area contributed by atoms with Gasteiger partial charge in [-0.25, -0.2) is 0 Å². The minimum Gasteiger partial charge on any atom is -0.330 e. The third kappa shape index (κ3) is 5.75. The molecule has 1 amide bonds. The lowest BCUT2D eigenvalue weighted by Crippen LogP contribution is -2.17. The zero-order valence-corrected chi connectivity index (χ0v) is 11.2. The summed E-state index contributed by atoms with van der Waals surface area (Å²) in [6.07, 6.45) is 0. The molecule has 1 atom stereocenters. The van der Waals surface area contributed by atoms with Crippen LogP contribution in [-0.4, -0.2) is 24.0 Å². The molecule has 3 N–H and O–H groups in total. The Kier molecular flexibility index (Phi) is 6.08. The van der Waals surface area contributed by atoms with Crippen LogP contribution >= 0.6 is 11.8 Å². The van der Waals surface area contributed by atoms with Crippen molar-refractivity contribution in [3.8, 4) is 0 Å². The van der Waals surface area contributed by atoms with Gasteiger partial charge >= 0.3 is 0 Å². The van der Waals surface area contributed by atoms with E-state index in [2.05, 4.69) is 12.2 Å². The highest BCUT2D eigenvalue weighted by atomic mass is 32.2. The molecule has 0 spiro atoms. The van der Waals surface area contributed by atoms with Gasteiger partial charge in [0.1, 0.15) is 0 Å². The van der Waals surface area contributed by atoms with E-state index >= 15 is 0 Å². The molecule has 0 aliphatic rings. The summed E-state index contributed by atoms with van der Waals surface area (Å²) in [6, 6.07) is 7.80. The lowest BCUT2D eigenvalue weighted by Gasteiger charge is -2.08. The number of anilines is 1. The van der Waals surface area contributed by atoms with Gasteiger partial charge in [0, 0.05) is 5.69 Å². The van der Waals surface area contributed by atoms with Crippen LogP contribution in [0.2, 0.25) is 0 Å². The number of nitrogens with one attached hydrogen (secondary N) is 1. The molecule has 0 saturated carbocycles. The Morgan fingerprint density at radius 2 is 2.06 bits per heavy atom. The molecule has 0 aliphatic heterocycles. The second-order valence-corrected chi connectivity index (χ2v) is 5.30. The summed E-state index contributed by atoms with van der Waals surface area (Å²) in [5.41, 5.74) is 7.56. The number of nitrogens with two attached hydrogens (primary N) is 1. The van der Waals surface area contributed by atoms with Crippen molar-refractivity contribution in [2.75, 3.05) is 23.4 Å². The number of hydrogen-bond donors (Lipinski definition) is 2. The van der Waals surface area contributed by atoms with Crippen molar-refractivity contribution in [2.45, 2.75) is 13.8 Å². The Bertz CT molecular complexity index is 351. The first-order valence-corrected chi connectivity index (χ1v) is 6.91. The van der Waals surface area contributed by atoms with Crippen LogP contribution in [0, 0.1) is 12.8 Å². The van der Waals surface area contributed by atoms with Gasteiger partial charge in [0.05, 0.1) is 5.75 Å². The molecule has 0 bridgehead atoms. The third-order valence-electron chi connectivity index (χ3n) is 2.37. The summed E-state index contributed by atoms with van der Waals surface area (Å²) >= 11 is 1.62. The monoisotopic (exact) mass is 252 g/mol. The highest BCUT2D eigenvalue weighted by molar-refractivity contribution is 7.99. The van der Waals surface area contributed by atoms with Crippen molar-refractivity contribution in [3.63, 3.8) is 0 Å². The number of aryl methyl sites for hydroxylation is 1. The molecule has 0 fully saturated rings. The van der Waals surface area contributed by atoms with Crippen molar-refractivity contribution in [1.82, 2.24) is 0 Å². The summed E-state index contributed by atoms with van der Waals surface area (Å²) < 4.78 is 0. The van der Waals surface area contributed by atoms with E-state index in [0.717, 1.165) is 11.4 Å². The van der Waals surface area contributed by atoms with Crippen LogP contribution in [0.1, 0.15) is 12.5 Å². The molecule has 0 saturated heterocycles. The van der Waals surface area contributed by atoms with Gasteiger partial charge < -0.3 is 11.1 Å². The zero-order chi connectivity index (χ0) is 12.7. The fraction of sp³-hybridized carbons (Fsp3) is 0.462. The molecule has 3 nitrogen and oxygen atoms in total. The molecule has 94 valence electrons. The van der Waals surface area contributed by atoms with Gasteiger partial charge in [-0.05, 0) is 37.3 Å². The first-order chi connectivity index (χ1) is 8.11. The second kappa shape index (κ2) is 7.35. The van der Waals surface area contributed by atoms with Gasteiger partial charge in [-0.15, -0.1) is 0 Å². The van der Waals surface area contributed by atoms with Gasteiger partial charge in [0.25, 0.3) is 0 Å². The molecule has 1 aromatic rings. The molecule has 0 aromatic heterocycles. The van der Waals surface area contributed by atoms with Crippen molar-refractivity contribution in [2.24, 2.45) is 11.7 Å². The molecule has 1 unspecified atom stereocenters. The highest BCUT2D eigenvalue weighted by Gasteiger charge is 2.04. The van der Waals surface area contributed by atoms with E-state index in [1.54, 1.807) is 11.8 Å². The van der Waals surface area contributed by atoms with Crippen LogP contribution in [0.15, 0.2) is 24.3 Å². The Labute approximate surface area is 107 Å². The Morgan fingerprint density at radius 1 is 1.41 bits per heavy atom. The molecule has 0 heterocycles. The topological polar surface area (TPSA) is 55.1 Å². The lowest BCUT2D eigenvalue weighted by molar-refractivity contribution is -0.113. The average molecular weight is 252 g/mol. The van der Waals surface area contributed by atoms with Gasteiger partial charge in [-0.2, -0.15) is 11.8 Å². The largest absolute Gasteiger partial charge is 0.330 e. The SMILES string of the molecule is Cc1ccc(NC(=O)CSCC(C)CN)cc1. The predicted molar refractivity (Wildman–Crippen MR) is 75.4 cm³/mol. The van der Waals surface area contributed by atoms with Crippen LogP contribution in [0.3, 0.4) is 0 Å². The smallest absolute Gasteiger partial charge is 0.234 e. The lowest BCUT2D eigenvalue weighted by atomic mass is 10.2. The quantitative estimate of drug-likeness (QED) is 0.816. The minimum atomic E-state index is 0.0445. The Morgan fingerprint density at radius 3 is 2.65 bits per heavy atom. The minimum absolute atomic E-state index is 0.0445. The van der Waals surface area contributed by atoms with Crippen LogP contribution in [0.4, 0.5) is 5.69 Å². The van der Waals surface area contributed by atoms with Gasteiger partial charge in [-0.3, -0.25) is 4.79 Å². The normalized spacial score (nSPS) is 12.2. The van der Waals surface area contributed by atoms with Crippen LogP contribution in [0.5, 0.6) is 0 Å². The maximum Gasteiger partial charge on any atom is 0.234 e. The van der Waals surface area contributed by atoms with Crippen molar-refractivity contribution in [1.29, 1.82) is 0 Å². The Hall–Kier alpha value is -1.00. The van der Waals surface area contributed by atoms with Crippen molar-refractivity contribution < 1.29 is 4.79 Å². The van der Waals surface area contributed by atoms with Crippen molar-refractivity contribution in [3.05, 3.63) is 29.8 Å². The van der Waals surface area contributed by atoms with E-state index in [0.29, 0.717) is 18.2 Å². The maximum atomic E-state index is 11.6. The Balaban J connectivity index is 2.27. The van der Waals surface area contributed by atoms with E-state index < -0.39 is 0 Å². The van der Waals surface area contributed by atoms with Crippen LogP contribution < -0.4 is 11.1 Å². The van der Waals surface area contributed by atoms with E-state index in [1.165, 1.54) is 5.56 Å². The summed E-state index contributed by atoms with van der Waals surface area (Å²) in [7, 11) is 0. The summed E-state index contributed by atoms with van der Waals surface area (Å²) in [5, 5.41) is 2.87. The van der Waals surface area contributed by atoms with E-state index in [-0.39, 0.29) is 5.91 Å². The number of carbonyl (C=O) groups is 1.